The number of benzene rings is 3. The number of carbonyl (C=O) groups excluding carboxylic acids is 2. The molecule has 6 rings (SSSR count). The summed E-state index contributed by atoms with van der Waals surface area (Å²) in [5.41, 5.74) is 4.20. The van der Waals surface area contributed by atoms with Crippen molar-refractivity contribution in [2.75, 3.05) is 13.1 Å². The van der Waals surface area contributed by atoms with Gasteiger partial charge in [0.25, 0.3) is 0 Å². The van der Waals surface area contributed by atoms with E-state index in [1.165, 1.54) is 11.1 Å². The van der Waals surface area contributed by atoms with Gasteiger partial charge < -0.3 is 19.7 Å². The van der Waals surface area contributed by atoms with E-state index in [9.17, 15) is 9.59 Å². The highest BCUT2D eigenvalue weighted by molar-refractivity contribution is 5.70. The minimum atomic E-state index is -0.374. The van der Waals surface area contributed by atoms with Crippen LogP contribution in [0.4, 0.5) is 9.59 Å². The second-order valence-electron chi connectivity index (χ2n) is 10.7. The van der Waals surface area contributed by atoms with E-state index in [0.29, 0.717) is 24.9 Å². The van der Waals surface area contributed by atoms with Gasteiger partial charge in [0, 0.05) is 19.0 Å². The molecule has 0 spiro atoms. The van der Waals surface area contributed by atoms with E-state index < -0.39 is 0 Å². The molecule has 4 atom stereocenters. The van der Waals surface area contributed by atoms with Crippen LogP contribution in [0.3, 0.4) is 0 Å². The molecule has 37 heavy (non-hydrogen) atoms. The van der Waals surface area contributed by atoms with Crippen LogP contribution in [0.1, 0.15) is 35.1 Å². The molecule has 1 heterocycles. The molecule has 1 saturated heterocycles. The molecule has 3 fully saturated rings. The van der Waals surface area contributed by atoms with Gasteiger partial charge in [-0.15, -0.1) is 0 Å². The van der Waals surface area contributed by atoms with Gasteiger partial charge in [-0.1, -0.05) is 84.9 Å². The second-order valence-corrected chi connectivity index (χ2v) is 10.7. The molecule has 0 bridgehead atoms. The fourth-order valence-electron chi connectivity index (χ4n) is 6.32. The molecule has 0 radical (unpaired) electrons. The maximum absolute atomic E-state index is 12.7. The maximum Gasteiger partial charge on any atom is 0.410 e. The normalized spacial score (nSPS) is 25.2. The van der Waals surface area contributed by atoms with Crippen LogP contribution in [0.15, 0.2) is 84.9 Å². The van der Waals surface area contributed by atoms with Gasteiger partial charge >= 0.3 is 12.2 Å². The number of nitrogens with zero attached hydrogens (tertiary/aromatic N) is 1. The number of hydrogen-bond donors (Lipinski definition) is 1. The molecule has 1 aliphatic heterocycles. The Labute approximate surface area is 217 Å². The van der Waals surface area contributed by atoms with Crippen molar-refractivity contribution < 1.29 is 19.1 Å². The first kappa shape index (κ1) is 23.6. The Bertz CT molecular complexity index is 1250. The molecular formula is C31H32N2O4. The molecule has 6 nitrogen and oxygen atoms in total. The van der Waals surface area contributed by atoms with Crippen molar-refractivity contribution in [3.8, 4) is 0 Å². The molecule has 2 amide bonds. The number of carbonyl (C=O) groups is 2. The summed E-state index contributed by atoms with van der Waals surface area (Å²) in [4.78, 5) is 27.2. The Morgan fingerprint density at radius 3 is 2.11 bits per heavy atom. The van der Waals surface area contributed by atoms with Crippen LogP contribution in [0.25, 0.3) is 0 Å². The van der Waals surface area contributed by atoms with Crippen molar-refractivity contribution in [1.82, 2.24) is 10.2 Å². The van der Waals surface area contributed by atoms with E-state index in [0.717, 1.165) is 30.4 Å². The highest BCUT2D eigenvalue weighted by Gasteiger charge is 2.69. The monoisotopic (exact) mass is 496 g/mol. The number of alkyl carbamates (subject to hydrolysis) is 1. The van der Waals surface area contributed by atoms with Crippen LogP contribution in [-0.2, 0) is 29.1 Å². The Morgan fingerprint density at radius 1 is 0.784 bits per heavy atom. The number of fused-ring (bicyclic) bond motifs is 3. The molecule has 0 aromatic heterocycles. The van der Waals surface area contributed by atoms with Crippen LogP contribution >= 0.6 is 0 Å². The topological polar surface area (TPSA) is 67.9 Å². The standard InChI is InChI=1S/C31H32N2O4/c34-29(36-20-25-13-11-23(12-14-25)15-22-7-3-1-4-8-22)32-31-17-27(31)16-26-18-33(19-28(26)31)30(35)37-21-24-9-5-2-6-10-24/h1-14,26-28H,15-21H2,(H,32,34). The van der Waals surface area contributed by atoms with Gasteiger partial charge in [0.05, 0.1) is 5.54 Å². The Morgan fingerprint density at radius 2 is 1.38 bits per heavy atom. The smallest absolute Gasteiger partial charge is 0.410 e. The van der Waals surface area contributed by atoms with E-state index in [4.69, 9.17) is 9.47 Å². The van der Waals surface area contributed by atoms with E-state index in [1.54, 1.807) is 4.90 Å². The van der Waals surface area contributed by atoms with Crippen LogP contribution in [0.5, 0.6) is 0 Å². The van der Waals surface area contributed by atoms with E-state index in [-0.39, 0.29) is 36.9 Å². The van der Waals surface area contributed by atoms with Gasteiger partial charge in [-0.05, 0) is 53.4 Å². The zero-order chi connectivity index (χ0) is 25.2. The molecule has 4 unspecified atom stereocenters. The first-order chi connectivity index (χ1) is 18.1. The van der Waals surface area contributed by atoms with Crippen molar-refractivity contribution in [3.05, 3.63) is 107 Å². The third-order valence-electron chi connectivity index (χ3n) is 8.28. The lowest BCUT2D eigenvalue weighted by molar-refractivity contribution is 0.100. The van der Waals surface area contributed by atoms with Gasteiger partial charge in [-0.3, -0.25) is 0 Å². The lowest BCUT2D eigenvalue weighted by Crippen LogP contribution is -2.44. The van der Waals surface area contributed by atoms with E-state index in [1.807, 2.05) is 60.7 Å². The van der Waals surface area contributed by atoms with Crippen LogP contribution in [0, 0.1) is 17.8 Å². The van der Waals surface area contributed by atoms with Crippen LogP contribution in [0.2, 0.25) is 0 Å². The van der Waals surface area contributed by atoms with Gasteiger partial charge in [-0.25, -0.2) is 9.59 Å². The van der Waals surface area contributed by atoms with Gasteiger partial charge in [0.15, 0.2) is 0 Å². The zero-order valence-corrected chi connectivity index (χ0v) is 20.8. The van der Waals surface area contributed by atoms with Crippen molar-refractivity contribution in [3.63, 3.8) is 0 Å². The summed E-state index contributed by atoms with van der Waals surface area (Å²) in [6.07, 6.45) is 2.23. The number of likely N-dealkylation sites (tertiary alicyclic amines) is 1. The molecule has 2 saturated carbocycles. The van der Waals surface area contributed by atoms with Gasteiger partial charge in [-0.2, -0.15) is 0 Å². The van der Waals surface area contributed by atoms with Gasteiger partial charge in [0.2, 0.25) is 0 Å². The van der Waals surface area contributed by atoms with E-state index >= 15 is 0 Å². The number of amides is 2. The minimum absolute atomic E-state index is 0.240. The molecule has 190 valence electrons. The number of nitrogens with one attached hydrogen (secondary N) is 1. The number of ether oxygens (including phenoxy) is 2. The average molecular weight is 497 g/mol. The molecule has 6 heteroatoms. The van der Waals surface area contributed by atoms with Crippen molar-refractivity contribution in [1.29, 1.82) is 0 Å². The molecular weight excluding hydrogens is 464 g/mol. The molecule has 2 aliphatic carbocycles. The fourth-order valence-corrected chi connectivity index (χ4v) is 6.32. The largest absolute Gasteiger partial charge is 0.445 e. The Kier molecular flexibility index (Phi) is 6.33. The number of hydrogen-bond acceptors (Lipinski definition) is 4. The lowest BCUT2D eigenvalue weighted by Gasteiger charge is -2.24. The SMILES string of the molecule is O=C(NC12CC1CC1CN(C(=O)OCc3ccccc3)CC12)OCc1ccc(Cc2ccccc2)cc1. The predicted molar refractivity (Wildman–Crippen MR) is 140 cm³/mol. The van der Waals surface area contributed by atoms with Crippen molar-refractivity contribution in [2.45, 2.75) is 38.0 Å². The first-order valence-corrected chi connectivity index (χ1v) is 13.1. The second kappa shape index (κ2) is 9.92. The lowest BCUT2D eigenvalue weighted by atomic mass is 9.91. The summed E-state index contributed by atoms with van der Waals surface area (Å²) in [5, 5.41) is 3.19. The van der Waals surface area contributed by atoms with Gasteiger partial charge in [0.1, 0.15) is 13.2 Å². The predicted octanol–water partition coefficient (Wildman–Crippen LogP) is 5.55. The summed E-state index contributed by atoms with van der Waals surface area (Å²) in [6.45, 7) is 1.84. The number of rotatable bonds is 7. The highest BCUT2D eigenvalue weighted by Crippen LogP contribution is 2.63. The molecule has 1 N–H and O–H groups in total. The quantitative estimate of drug-likeness (QED) is 0.466. The summed E-state index contributed by atoms with van der Waals surface area (Å²) in [7, 11) is 0. The fraction of sp³-hybridized carbons (Fsp3) is 0.355. The average Bonchev–Trinajstić information content (AvgIpc) is 3.28. The molecule has 3 aromatic carbocycles. The highest BCUT2D eigenvalue weighted by atomic mass is 16.6. The minimum Gasteiger partial charge on any atom is -0.445 e. The Balaban J connectivity index is 0.983. The Hall–Kier alpha value is -3.80. The summed E-state index contributed by atoms with van der Waals surface area (Å²) >= 11 is 0. The van der Waals surface area contributed by atoms with Crippen molar-refractivity contribution in [2.24, 2.45) is 17.8 Å². The maximum atomic E-state index is 12.7. The third kappa shape index (κ3) is 5.06. The van der Waals surface area contributed by atoms with Crippen molar-refractivity contribution >= 4 is 12.2 Å². The van der Waals surface area contributed by atoms with Crippen LogP contribution < -0.4 is 5.32 Å². The summed E-state index contributed by atoms with van der Waals surface area (Å²) in [6, 6.07) is 28.3. The molecule has 3 aliphatic rings. The van der Waals surface area contributed by atoms with Crippen LogP contribution in [-0.4, -0.2) is 35.7 Å². The zero-order valence-electron chi connectivity index (χ0n) is 20.8. The molecule has 3 aromatic rings. The first-order valence-electron chi connectivity index (χ1n) is 13.1. The third-order valence-corrected chi connectivity index (χ3v) is 8.28. The summed E-state index contributed by atoms with van der Waals surface area (Å²) in [5.74, 6) is 1.14. The summed E-state index contributed by atoms with van der Waals surface area (Å²) < 4.78 is 11.1. The van der Waals surface area contributed by atoms with E-state index in [2.05, 4.69) is 29.6 Å².